The number of aryl methyl sites for hydroxylation is 1. The van der Waals surface area contributed by atoms with Crippen molar-refractivity contribution < 1.29 is 4.79 Å². The zero-order valence-electron chi connectivity index (χ0n) is 9.62. The second-order valence-electron chi connectivity index (χ2n) is 3.53. The Kier molecular flexibility index (Phi) is 4.72. The molecule has 0 saturated heterocycles. The number of amides is 1. The Morgan fingerprint density at radius 2 is 2.19 bits per heavy atom. The van der Waals surface area contributed by atoms with Crippen LogP contribution in [0.5, 0.6) is 0 Å². The number of pyridine rings is 1. The van der Waals surface area contributed by atoms with Gasteiger partial charge in [0.15, 0.2) is 0 Å². The van der Waals surface area contributed by atoms with Crippen LogP contribution >= 0.6 is 0 Å². The normalized spacial score (nSPS) is 10.1. The highest BCUT2D eigenvalue weighted by Gasteiger charge is 2.02. The Bertz CT molecular complexity index is 412. The van der Waals surface area contributed by atoms with E-state index in [1.54, 1.807) is 23.9 Å². The number of hydrogen-bond donors (Lipinski definition) is 2. The van der Waals surface area contributed by atoms with E-state index in [1.807, 2.05) is 6.92 Å². The van der Waals surface area contributed by atoms with E-state index in [1.165, 1.54) is 6.07 Å². The second-order valence-corrected chi connectivity index (χ2v) is 3.53. The average molecular weight is 223 g/mol. The average Bonchev–Trinajstić information content (AvgIpc) is 2.24. The van der Waals surface area contributed by atoms with E-state index in [-0.39, 0.29) is 18.0 Å². The van der Waals surface area contributed by atoms with Gasteiger partial charge in [0.1, 0.15) is 0 Å². The SMILES string of the molecule is CCCn1cc(NC(=O)CNC)ccc1=O. The van der Waals surface area contributed by atoms with Crippen LogP contribution in [0.3, 0.4) is 0 Å². The number of aromatic nitrogens is 1. The number of nitrogens with one attached hydrogen (secondary N) is 2. The smallest absolute Gasteiger partial charge is 0.250 e. The highest BCUT2D eigenvalue weighted by molar-refractivity contribution is 5.91. The quantitative estimate of drug-likeness (QED) is 0.760. The molecule has 0 aliphatic heterocycles. The van der Waals surface area contributed by atoms with Gasteiger partial charge in [-0.25, -0.2) is 0 Å². The summed E-state index contributed by atoms with van der Waals surface area (Å²) in [7, 11) is 1.71. The molecule has 5 heteroatoms. The number of carbonyl (C=O) groups is 1. The number of anilines is 1. The number of carbonyl (C=O) groups excluding carboxylic acids is 1. The molecule has 0 spiro atoms. The Morgan fingerprint density at radius 1 is 1.44 bits per heavy atom. The fraction of sp³-hybridized carbons (Fsp3) is 0.455. The zero-order chi connectivity index (χ0) is 12.0. The first-order valence-corrected chi connectivity index (χ1v) is 5.32. The van der Waals surface area contributed by atoms with Crippen molar-refractivity contribution in [2.75, 3.05) is 18.9 Å². The van der Waals surface area contributed by atoms with Gasteiger partial charge in [-0.1, -0.05) is 6.92 Å². The first-order chi connectivity index (χ1) is 7.67. The van der Waals surface area contributed by atoms with Crippen molar-refractivity contribution in [3.8, 4) is 0 Å². The summed E-state index contributed by atoms with van der Waals surface area (Å²) in [4.78, 5) is 22.7. The van der Waals surface area contributed by atoms with E-state index in [4.69, 9.17) is 0 Å². The van der Waals surface area contributed by atoms with Gasteiger partial charge in [-0.05, 0) is 19.5 Å². The van der Waals surface area contributed by atoms with Gasteiger partial charge < -0.3 is 15.2 Å². The summed E-state index contributed by atoms with van der Waals surface area (Å²) in [6.07, 6.45) is 2.55. The van der Waals surface area contributed by atoms with Crippen molar-refractivity contribution in [2.45, 2.75) is 19.9 Å². The van der Waals surface area contributed by atoms with Crippen molar-refractivity contribution in [3.05, 3.63) is 28.7 Å². The maximum Gasteiger partial charge on any atom is 0.250 e. The Hall–Kier alpha value is -1.62. The van der Waals surface area contributed by atoms with Crippen LogP contribution in [0, 0.1) is 0 Å². The van der Waals surface area contributed by atoms with E-state index in [9.17, 15) is 9.59 Å². The van der Waals surface area contributed by atoms with Gasteiger partial charge in [-0.3, -0.25) is 9.59 Å². The maximum absolute atomic E-state index is 11.4. The highest BCUT2D eigenvalue weighted by Crippen LogP contribution is 2.03. The van der Waals surface area contributed by atoms with Gasteiger partial charge in [0.05, 0.1) is 12.2 Å². The molecule has 0 radical (unpaired) electrons. The largest absolute Gasteiger partial charge is 0.324 e. The zero-order valence-corrected chi connectivity index (χ0v) is 9.62. The molecule has 1 amide bonds. The molecular weight excluding hydrogens is 206 g/mol. The molecule has 1 aromatic rings. The van der Waals surface area contributed by atoms with Crippen molar-refractivity contribution in [3.63, 3.8) is 0 Å². The van der Waals surface area contributed by atoms with Crippen LogP contribution in [0.2, 0.25) is 0 Å². The molecule has 0 aliphatic carbocycles. The maximum atomic E-state index is 11.4. The van der Waals surface area contributed by atoms with Crippen LogP contribution in [0.1, 0.15) is 13.3 Å². The Morgan fingerprint density at radius 3 is 2.81 bits per heavy atom. The molecule has 0 aromatic carbocycles. The van der Waals surface area contributed by atoms with Gasteiger partial charge in [0.2, 0.25) is 5.91 Å². The number of likely N-dealkylation sites (N-methyl/N-ethyl adjacent to an activating group) is 1. The van der Waals surface area contributed by atoms with E-state index < -0.39 is 0 Å². The minimum atomic E-state index is -0.121. The van der Waals surface area contributed by atoms with Gasteiger partial charge >= 0.3 is 0 Å². The summed E-state index contributed by atoms with van der Waals surface area (Å²) in [6, 6.07) is 3.08. The van der Waals surface area contributed by atoms with Crippen molar-refractivity contribution in [1.82, 2.24) is 9.88 Å². The van der Waals surface area contributed by atoms with Gasteiger partial charge in [-0.15, -0.1) is 0 Å². The molecule has 0 saturated carbocycles. The summed E-state index contributed by atoms with van der Waals surface area (Å²) in [5, 5.41) is 5.47. The molecule has 1 aromatic heterocycles. The van der Waals surface area contributed by atoms with Gasteiger partial charge in [-0.2, -0.15) is 0 Å². The van der Waals surface area contributed by atoms with E-state index in [0.717, 1.165) is 6.42 Å². The summed E-state index contributed by atoms with van der Waals surface area (Å²) < 4.78 is 1.59. The lowest BCUT2D eigenvalue weighted by atomic mass is 10.3. The summed E-state index contributed by atoms with van der Waals surface area (Å²) in [5.41, 5.74) is 0.599. The first kappa shape index (κ1) is 12.4. The van der Waals surface area contributed by atoms with Crippen LogP contribution in [0.15, 0.2) is 23.1 Å². The Labute approximate surface area is 94.5 Å². The van der Waals surface area contributed by atoms with Gasteiger partial charge in [0.25, 0.3) is 5.56 Å². The highest BCUT2D eigenvalue weighted by atomic mass is 16.2. The molecule has 16 heavy (non-hydrogen) atoms. The predicted molar refractivity (Wildman–Crippen MR) is 63.5 cm³/mol. The molecule has 0 bridgehead atoms. The molecule has 0 unspecified atom stereocenters. The summed E-state index contributed by atoms with van der Waals surface area (Å²) in [6.45, 7) is 2.92. The minimum absolute atomic E-state index is 0.0477. The van der Waals surface area contributed by atoms with Crippen molar-refractivity contribution in [2.24, 2.45) is 0 Å². The van der Waals surface area contributed by atoms with Crippen LogP contribution in [0.25, 0.3) is 0 Å². The van der Waals surface area contributed by atoms with Crippen LogP contribution < -0.4 is 16.2 Å². The molecule has 1 heterocycles. The molecule has 2 N–H and O–H groups in total. The van der Waals surface area contributed by atoms with E-state index in [2.05, 4.69) is 10.6 Å². The number of rotatable bonds is 5. The number of hydrogen-bond acceptors (Lipinski definition) is 3. The van der Waals surface area contributed by atoms with Crippen molar-refractivity contribution in [1.29, 1.82) is 0 Å². The summed E-state index contributed by atoms with van der Waals surface area (Å²) in [5.74, 6) is -0.121. The molecule has 5 nitrogen and oxygen atoms in total. The molecule has 88 valence electrons. The topological polar surface area (TPSA) is 63.1 Å². The lowest BCUT2D eigenvalue weighted by Crippen LogP contribution is -2.26. The molecule has 0 fully saturated rings. The third kappa shape index (κ3) is 3.51. The van der Waals surface area contributed by atoms with Crippen molar-refractivity contribution >= 4 is 11.6 Å². The minimum Gasteiger partial charge on any atom is -0.324 e. The van der Waals surface area contributed by atoms with E-state index in [0.29, 0.717) is 12.2 Å². The molecular formula is C11H17N3O2. The van der Waals surface area contributed by atoms with Crippen LogP contribution in [0.4, 0.5) is 5.69 Å². The molecule has 1 rings (SSSR count). The second kappa shape index (κ2) is 6.07. The fourth-order valence-electron chi connectivity index (χ4n) is 1.39. The fourth-order valence-corrected chi connectivity index (χ4v) is 1.39. The first-order valence-electron chi connectivity index (χ1n) is 5.32. The Balaban J connectivity index is 2.78. The number of nitrogens with zero attached hydrogens (tertiary/aromatic N) is 1. The third-order valence-electron chi connectivity index (χ3n) is 2.07. The van der Waals surface area contributed by atoms with Crippen LogP contribution in [-0.4, -0.2) is 24.1 Å². The lowest BCUT2D eigenvalue weighted by Gasteiger charge is -2.08. The van der Waals surface area contributed by atoms with Crippen LogP contribution in [-0.2, 0) is 11.3 Å². The standard InChI is InChI=1S/C11H17N3O2/c1-3-6-14-8-9(4-5-11(14)16)13-10(15)7-12-2/h4-5,8,12H,3,6-7H2,1-2H3,(H,13,15). The monoisotopic (exact) mass is 223 g/mol. The molecule has 0 aliphatic rings. The predicted octanol–water partition coefficient (Wildman–Crippen LogP) is 0.416. The summed E-state index contributed by atoms with van der Waals surface area (Å²) >= 11 is 0. The molecule has 0 atom stereocenters. The van der Waals surface area contributed by atoms with E-state index >= 15 is 0 Å². The lowest BCUT2D eigenvalue weighted by molar-refractivity contribution is -0.115. The third-order valence-corrected chi connectivity index (χ3v) is 2.07. The van der Waals surface area contributed by atoms with Gasteiger partial charge in [0, 0.05) is 18.8 Å².